The molecule has 1 saturated heterocycles. The fourth-order valence-corrected chi connectivity index (χ4v) is 3.63. The molecule has 0 bridgehead atoms. The van der Waals surface area contributed by atoms with Gasteiger partial charge in [-0.25, -0.2) is 4.98 Å². The maximum Gasteiger partial charge on any atom is 0.226 e. The molecule has 1 aromatic carbocycles. The first kappa shape index (κ1) is 22.4. The lowest BCUT2D eigenvalue weighted by Crippen LogP contribution is -2.42. The Hall–Kier alpha value is -2.33. The van der Waals surface area contributed by atoms with Gasteiger partial charge >= 0.3 is 0 Å². The van der Waals surface area contributed by atoms with Gasteiger partial charge in [-0.05, 0) is 50.2 Å². The molecular formula is C22H28IN5O2. The number of rotatable bonds is 7. The van der Waals surface area contributed by atoms with Crippen molar-refractivity contribution < 1.29 is 8.83 Å². The minimum Gasteiger partial charge on any atom is -0.468 e. The first-order valence-corrected chi connectivity index (χ1v) is 10.1. The molecule has 0 saturated carbocycles. The third kappa shape index (κ3) is 5.63. The number of likely N-dealkylation sites (tertiary alicyclic amines) is 1. The Morgan fingerprint density at radius 3 is 2.60 bits per heavy atom. The highest BCUT2D eigenvalue weighted by Crippen LogP contribution is 2.24. The van der Waals surface area contributed by atoms with Gasteiger partial charge in [-0.15, -0.1) is 24.0 Å². The summed E-state index contributed by atoms with van der Waals surface area (Å²) in [6.45, 7) is 3.45. The average Bonchev–Trinajstić information content (AvgIpc) is 3.54. The molecule has 1 aliphatic rings. The van der Waals surface area contributed by atoms with Gasteiger partial charge in [0.1, 0.15) is 12.0 Å². The zero-order chi connectivity index (χ0) is 19.9. The van der Waals surface area contributed by atoms with Gasteiger partial charge in [0.2, 0.25) is 5.89 Å². The molecule has 7 nitrogen and oxygen atoms in total. The highest BCUT2D eigenvalue weighted by Gasteiger charge is 2.25. The molecular weight excluding hydrogens is 493 g/mol. The predicted octanol–water partition coefficient (Wildman–Crippen LogP) is 4.05. The zero-order valence-corrected chi connectivity index (χ0v) is 19.4. The van der Waals surface area contributed by atoms with Crippen LogP contribution in [0.1, 0.15) is 30.3 Å². The molecule has 0 amide bonds. The highest BCUT2D eigenvalue weighted by molar-refractivity contribution is 14.0. The second-order valence-corrected chi connectivity index (χ2v) is 7.09. The van der Waals surface area contributed by atoms with Crippen LogP contribution in [0.2, 0.25) is 0 Å². The number of hydrogen-bond donors (Lipinski definition) is 2. The monoisotopic (exact) mass is 521 g/mol. The molecule has 1 fully saturated rings. The third-order valence-corrected chi connectivity index (χ3v) is 5.15. The lowest BCUT2D eigenvalue weighted by molar-refractivity contribution is 0.215. The first-order chi connectivity index (χ1) is 14.3. The van der Waals surface area contributed by atoms with E-state index in [1.165, 1.54) is 12.8 Å². The van der Waals surface area contributed by atoms with E-state index in [2.05, 4.69) is 25.5 Å². The summed E-state index contributed by atoms with van der Waals surface area (Å²) in [4.78, 5) is 11.3. The fourth-order valence-electron chi connectivity index (χ4n) is 3.63. The van der Waals surface area contributed by atoms with Crippen LogP contribution in [-0.4, -0.2) is 42.5 Å². The quantitative estimate of drug-likeness (QED) is 0.278. The van der Waals surface area contributed by atoms with Crippen molar-refractivity contribution in [1.29, 1.82) is 0 Å². The SMILES string of the molecule is CN=C(NCc1coc(-c2ccccc2)n1)NCC(c1ccco1)N1CCCC1.I. The lowest BCUT2D eigenvalue weighted by atomic mass is 10.2. The van der Waals surface area contributed by atoms with E-state index in [0.29, 0.717) is 12.4 Å². The summed E-state index contributed by atoms with van der Waals surface area (Å²) >= 11 is 0. The van der Waals surface area contributed by atoms with Crippen LogP contribution in [0.4, 0.5) is 0 Å². The van der Waals surface area contributed by atoms with Gasteiger partial charge in [0, 0.05) is 19.2 Å². The van der Waals surface area contributed by atoms with E-state index >= 15 is 0 Å². The van der Waals surface area contributed by atoms with E-state index in [1.54, 1.807) is 19.6 Å². The molecule has 0 spiro atoms. The van der Waals surface area contributed by atoms with E-state index < -0.39 is 0 Å². The maximum absolute atomic E-state index is 5.68. The van der Waals surface area contributed by atoms with Crippen molar-refractivity contribution in [1.82, 2.24) is 20.5 Å². The Kier molecular flexibility index (Phi) is 8.32. The Morgan fingerprint density at radius 1 is 1.10 bits per heavy atom. The minimum atomic E-state index is 0. The number of aliphatic imine (C=N–C) groups is 1. The molecule has 1 atom stereocenters. The molecule has 3 heterocycles. The van der Waals surface area contributed by atoms with Gasteiger partial charge in [-0.1, -0.05) is 18.2 Å². The molecule has 8 heteroatoms. The van der Waals surface area contributed by atoms with E-state index in [9.17, 15) is 0 Å². The van der Waals surface area contributed by atoms with Crippen LogP contribution >= 0.6 is 24.0 Å². The number of aromatic nitrogens is 1. The highest BCUT2D eigenvalue weighted by atomic mass is 127. The predicted molar refractivity (Wildman–Crippen MR) is 128 cm³/mol. The molecule has 2 aromatic heterocycles. The standard InChI is InChI=1S/C22H27N5O2.HI/c1-23-22(24-14-18-16-29-21(26-18)17-8-3-2-4-9-17)25-15-19(20-10-7-13-28-20)27-11-5-6-12-27;/h2-4,7-10,13,16,19H,5-6,11-12,14-15H2,1H3,(H2,23,24,25);1H. The van der Waals surface area contributed by atoms with E-state index in [-0.39, 0.29) is 30.0 Å². The second kappa shape index (κ2) is 11.2. The summed E-state index contributed by atoms with van der Waals surface area (Å²) in [5.74, 6) is 2.33. The third-order valence-electron chi connectivity index (χ3n) is 5.15. The molecule has 4 rings (SSSR count). The second-order valence-electron chi connectivity index (χ2n) is 7.09. The number of nitrogens with one attached hydrogen (secondary N) is 2. The summed E-state index contributed by atoms with van der Waals surface area (Å²) in [5.41, 5.74) is 1.79. The molecule has 3 aromatic rings. The maximum atomic E-state index is 5.68. The van der Waals surface area contributed by atoms with Crippen LogP contribution in [0.3, 0.4) is 0 Å². The van der Waals surface area contributed by atoms with Crippen LogP contribution in [0, 0.1) is 0 Å². The summed E-state index contributed by atoms with van der Waals surface area (Å²) in [7, 11) is 1.77. The van der Waals surface area contributed by atoms with E-state index in [1.807, 2.05) is 42.5 Å². The molecule has 2 N–H and O–H groups in total. The molecule has 1 unspecified atom stereocenters. The number of nitrogens with zero attached hydrogens (tertiary/aromatic N) is 3. The number of halogens is 1. The summed E-state index contributed by atoms with van der Waals surface area (Å²) in [5, 5.41) is 6.73. The zero-order valence-electron chi connectivity index (χ0n) is 17.1. The van der Waals surface area contributed by atoms with Gasteiger partial charge in [0.15, 0.2) is 5.96 Å². The Labute approximate surface area is 194 Å². The molecule has 1 aliphatic heterocycles. The van der Waals surface area contributed by atoms with Gasteiger partial charge in [0.25, 0.3) is 0 Å². The van der Waals surface area contributed by atoms with Crippen molar-refractivity contribution in [3.8, 4) is 11.5 Å². The van der Waals surface area contributed by atoms with Gasteiger partial charge in [0.05, 0.1) is 24.5 Å². The summed E-state index contributed by atoms with van der Waals surface area (Å²) in [6.07, 6.45) is 5.89. The van der Waals surface area contributed by atoms with Gasteiger partial charge in [-0.3, -0.25) is 9.89 Å². The number of hydrogen-bond acceptors (Lipinski definition) is 5. The van der Waals surface area contributed by atoms with Crippen molar-refractivity contribution >= 4 is 29.9 Å². The van der Waals surface area contributed by atoms with E-state index in [4.69, 9.17) is 8.83 Å². The van der Waals surface area contributed by atoms with Crippen LogP contribution in [-0.2, 0) is 6.54 Å². The normalized spacial score (nSPS) is 15.6. The van der Waals surface area contributed by atoms with Crippen molar-refractivity contribution in [2.45, 2.75) is 25.4 Å². The van der Waals surface area contributed by atoms with Gasteiger partial charge in [-0.2, -0.15) is 0 Å². The number of benzene rings is 1. The Bertz CT molecular complexity index is 905. The van der Waals surface area contributed by atoms with Crippen molar-refractivity contribution in [3.63, 3.8) is 0 Å². The largest absolute Gasteiger partial charge is 0.468 e. The van der Waals surface area contributed by atoms with Crippen molar-refractivity contribution in [3.05, 3.63) is 66.4 Å². The smallest absolute Gasteiger partial charge is 0.226 e. The van der Waals surface area contributed by atoms with Crippen LogP contribution in [0.5, 0.6) is 0 Å². The molecule has 0 aliphatic carbocycles. The summed E-state index contributed by atoms with van der Waals surface area (Å²) in [6, 6.07) is 14.1. The fraction of sp³-hybridized carbons (Fsp3) is 0.364. The van der Waals surface area contributed by atoms with Crippen LogP contribution < -0.4 is 10.6 Å². The number of oxazole rings is 1. The molecule has 0 radical (unpaired) electrons. The van der Waals surface area contributed by atoms with Crippen molar-refractivity contribution in [2.75, 3.05) is 26.7 Å². The molecule has 160 valence electrons. The Balaban J connectivity index is 0.00000256. The average molecular weight is 521 g/mol. The number of furan rings is 1. The van der Waals surface area contributed by atoms with Crippen LogP contribution in [0.15, 0.2) is 68.8 Å². The minimum absolute atomic E-state index is 0. The number of guanidine groups is 1. The van der Waals surface area contributed by atoms with E-state index in [0.717, 1.165) is 42.6 Å². The first-order valence-electron chi connectivity index (χ1n) is 10.1. The van der Waals surface area contributed by atoms with Gasteiger partial charge < -0.3 is 19.5 Å². The Morgan fingerprint density at radius 2 is 1.90 bits per heavy atom. The molecule has 30 heavy (non-hydrogen) atoms. The lowest BCUT2D eigenvalue weighted by Gasteiger charge is -2.26. The topological polar surface area (TPSA) is 78.8 Å². The van der Waals surface area contributed by atoms with Crippen molar-refractivity contribution in [2.24, 2.45) is 4.99 Å². The van der Waals surface area contributed by atoms with Crippen LogP contribution in [0.25, 0.3) is 11.5 Å². The summed E-state index contributed by atoms with van der Waals surface area (Å²) < 4.78 is 11.3.